The third-order valence-corrected chi connectivity index (χ3v) is 5.09. The number of aromatic nitrogens is 4. The van der Waals surface area contributed by atoms with Crippen LogP contribution in [0.4, 0.5) is 10.7 Å². The van der Waals surface area contributed by atoms with Gasteiger partial charge in [0, 0.05) is 19.2 Å². The van der Waals surface area contributed by atoms with Gasteiger partial charge in [0.15, 0.2) is 5.65 Å². The van der Waals surface area contributed by atoms with Crippen molar-refractivity contribution in [3.63, 3.8) is 0 Å². The van der Waals surface area contributed by atoms with E-state index in [1.807, 2.05) is 0 Å². The number of rotatable bonds is 5. The Labute approximate surface area is 176 Å². The summed E-state index contributed by atoms with van der Waals surface area (Å²) in [6, 6.07) is 3.40. The number of halogens is 1. The molecule has 9 nitrogen and oxygen atoms in total. The fourth-order valence-corrected chi connectivity index (χ4v) is 3.58. The Kier molecular flexibility index (Phi) is 6.04. The van der Waals surface area contributed by atoms with Crippen LogP contribution in [0.1, 0.15) is 41.1 Å². The molecule has 29 heavy (non-hydrogen) atoms. The normalized spacial score (nSPS) is 11.5. The smallest absolute Gasteiger partial charge is 0.407 e. The van der Waals surface area contributed by atoms with Crippen molar-refractivity contribution >= 4 is 46.5 Å². The van der Waals surface area contributed by atoms with Crippen molar-refractivity contribution in [2.45, 2.75) is 39.7 Å². The third-order valence-electron chi connectivity index (χ3n) is 3.65. The molecule has 11 heteroatoms. The summed E-state index contributed by atoms with van der Waals surface area (Å²) in [4.78, 5) is 29.2. The van der Waals surface area contributed by atoms with Crippen molar-refractivity contribution < 1.29 is 14.3 Å². The first-order valence-corrected chi connectivity index (χ1v) is 10.1. The largest absolute Gasteiger partial charge is 0.444 e. The van der Waals surface area contributed by atoms with Crippen LogP contribution in [0.3, 0.4) is 0 Å². The Bertz CT molecular complexity index is 1060. The molecule has 2 amide bonds. The number of amides is 2. The number of nitrogens with one attached hydrogen (secondary N) is 2. The molecule has 3 rings (SSSR count). The average molecular weight is 437 g/mol. The number of ether oxygens (including phenoxy) is 1. The van der Waals surface area contributed by atoms with Crippen LogP contribution in [0, 0.1) is 6.92 Å². The van der Waals surface area contributed by atoms with E-state index < -0.39 is 11.7 Å². The van der Waals surface area contributed by atoms with E-state index in [9.17, 15) is 9.59 Å². The van der Waals surface area contributed by atoms with E-state index in [-0.39, 0.29) is 11.9 Å². The molecule has 0 atom stereocenters. The van der Waals surface area contributed by atoms with Crippen molar-refractivity contribution in [3.05, 3.63) is 38.9 Å². The van der Waals surface area contributed by atoms with Crippen molar-refractivity contribution in [2.24, 2.45) is 0 Å². The highest BCUT2D eigenvalue weighted by atomic mass is 35.5. The van der Waals surface area contributed by atoms with Crippen LogP contribution in [0.25, 0.3) is 5.65 Å². The second kappa shape index (κ2) is 8.34. The maximum atomic E-state index is 12.7. The predicted molar refractivity (Wildman–Crippen MR) is 111 cm³/mol. The molecule has 0 bridgehead atoms. The number of fused-ring (bicyclic) bond motifs is 1. The lowest BCUT2D eigenvalue weighted by atomic mass is 10.2. The molecule has 0 radical (unpaired) electrons. The van der Waals surface area contributed by atoms with E-state index >= 15 is 0 Å². The monoisotopic (exact) mass is 436 g/mol. The maximum Gasteiger partial charge on any atom is 0.407 e. The second-order valence-corrected chi connectivity index (χ2v) is 8.77. The van der Waals surface area contributed by atoms with Crippen LogP contribution in [0.2, 0.25) is 5.02 Å². The zero-order valence-electron chi connectivity index (χ0n) is 16.4. The first kappa shape index (κ1) is 21.0. The van der Waals surface area contributed by atoms with Gasteiger partial charge in [-0.15, -0.1) is 21.5 Å². The first-order chi connectivity index (χ1) is 13.6. The van der Waals surface area contributed by atoms with Crippen molar-refractivity contribution in [3.8, 4) is 0 Å². The lowest BCUT2D eigenvalue weighted by Crippen LogP contribution is -2.33. The van der Waals surface area contributed by atoms with Gasteiger partial charge in [-0.2, -0.15) is 0 Å². The molecule has 0 aromatic carbocycles. The first-order valence-electron chi connectivity index (χ1n) is 8.87. The number of hydrogen-bond acceptors (Lipinski definition) is 7. The number of carbonyl (C=O) groups is 2. The minimum absolute atomic E-state index is 0.272. The molecule has 0 saturated heterocycles. The molecule has 0 unspecified atom stereocenters. The molecule has 0 saturated carbocycles. The summed E-state index contributed by atoms with van der Waals surface area (Å²) >= 11 is 7.26. The van der Waals surface area contributed by atoms with Crippen LogP contribution in [-0.4, -0.2) is 43.7 Å². The Morgan fingerprint density at radius 2 is 2.03 bits per heavy atom. The van der Waals surface area contributed by atoms with Gasteiger partial charge in [-0.3, -0.25) is 14.5 Å². The summed E-state index contributed by atoms with van der Waals surface area (Å²) in [5.74, 6) is -0.0610. The SMILES string of the molecule is Cc1nc(CCNC(=O)OC(C)(C)C)sc1C(=O)Nc1nnc2ccc(Cl)cn12. The minimum atomic E-state index is -0.552. The standard InChI is InChI=1S/C18H21ClN6O3S/c1-10-14(29-13(21-10)7-8-20-17(27)28-18(2,3)4)15(26)22-16-24-23-12-6-5-11(19)9-25(12)16/h5-6,9H,7-8H2,1-4H3,(H,20,27)(H,22,24,26). The van der Waals surface area contributed by atoms with Gasteiger partial charge in [-0.25, -0.2) is 9.78 Å². The van der Waals surface area contributed by atoms with E-state index in [1.165, 1.54) is 11.3 Å². The molecule has 0 aliphatic rings. The number of aryl methyl sites for hydroxylation is 1. The average Bonchev–Trinajstić information content (AvgIpc) is 3.16. The molecule has 0 spiro atoms. The van der Waals surface area contributed by atoms with Crippen LogP contribution in [-0.2, 0) is 11.2 Å². The summed E-state index contributed by atoms with van der Waals surface area (Å²) in [7, 11) is 0. The number of hydrogen-bond donors (Lipinski definition) is 2. The Morgan fingerprint density at radius 1 is 1.28 bits per heavy atom. The van der Waals surface area contributed by atoms with Gasteiger partial charge < -0.3 is 10.1 Å². The zero-order chi connectivity index (χ0) is 21.2. The molecule has 0 aliphatic carbocycles. The number of anilines is 1. The lowest BCUT2D eigenvalue weighted by molar-refractivity contribution is 0.0528. The van der Waals surface area contributed by atoms with Crippen LogP contribution < -0.4 is 10.6 Å². The Hall–Kier alpha value is -2.72. The third kappa shape index (κ3) is 5.42. The number of pyridine rings is 1. The highest BCUT2D eigenvalue weighted by molar-refractivity contribution is 7.13. The fraction of sp³-hybridized carbons (Fsp3) is 0.389. The van der Waals surface area contributed by atoms with E-state index in [0.717, 1.165) is 5.01 Å². The maximum absolute atomic E-state index is 12.7. The Balaban J connectivity index is 1.62. The number of alkyl carbamates (subject to hydrolysis) is 1. The van der Waals surface area contributed by atoms with Crippen LogP contribution in [0.15, 0.2) is 18.3 Å². The molecular weight excluding hydrogens is 416 g/mol. The molecular formula is C18H21ClN6O3S. The number of carbonyl (C=O) groups excluding carboxylic acids is 2. The molecule has 3 heterocycles. The van der Waals surface area contributed by atoms with E-state index in [4.69, 9.17) is 16.3 Å². The zero-order valence-corrected chi connectivity index (χ0v) is 18.0. The molecule has 0 aliphatic heterocycles. The van der Waals surface area contributed by atoms with Crippen LogP contribution in [0.5, 0.6) is 0 Å². The highest BCUT2D eigenvalue weighted by Crippen LogP contribution is 2.21. The number of nitrogens with zero attached hydrogens (tertiary/aromatic N) is 4. The number of thiazole rings is 1. The fourth-order valence-electron chi connectivity index (χ4n) is 2.46. The van der Waals surface area contributed by atoms with E-state index in [0.29, 0.717) is 34.2 Å². The minimum Gasteiger partial charge on any atom is -0.444 e. The van der Waals surface area contributed by atoms with Gasteiger partial charge in [-0.1, -0.05) is 11.6 Å². The summed E-state index contributed by atoms with van der Waals surface area (Å²) in [5.41, 5.74) is 0.620. The quantitative estimate of drug-likeness (QED) is 0.633. The molecule has 0 fully saturated rings. The molecule has 3 aromatic heterocycles. The summed E-state index contributed by atoms with van der Waals surface area (Å²) in [6.45, 7) is 7.52. The van der Waals surface area contributed by atoms with Crippen molar-refractivity contribution in [2.75, 3.05) is 11.9 Å². The highest BCUT2D eigenvalue weighted by Gasteiger charge is 2.19. The van der Waals surface area contributed by atoms with Gasteiger partial charge in [0.2, 0.25) is 5.95 Å². The molecule has 2 N–H and O–H groups in total. The van der Waals surface area contributed by atoms with E-state index in [1.54, 1.807) is 50.4 Å². The topological polar surface area (TPSA) is 111 Å². The lowest BCUT2D eigenvalue weighted by Gasteiger charge is -2.19. The van der Waals surface area contributed by atoms with Gasteiger partial charge in [0.25, 0.3) is 5.91 Å². The molecule has 154 valence electrons. The van der Waals surface area contributed by atoms with E-state index in [2.05, 4.69) is 25.8 Å². The summed E-state index contributed by atoms with van der Waals surface area (Å²) in [5, 5.41) is 14.6. The Morgan fingerprint density at radius 3 is 2.76 bits per heavy atom. The van der Waals surface area contributed by atoms with Gasteiger partial charge in [-0.05, 0) is 39.8 Å². The van der Waals surface area contributed by atoms with Crippen molar-refractivity contribution in [1.82, 2.24) is 24.9 Å². The van der Waals surface area contributed by atoms with Gasteiger partial charge >= 0.3 is 6.09 Å². The predicted octanol–water partition coefficient (Wildman–Crippen LogP) is 3.47. The van der Waals surface area contributed by atoms with Crippen molar-refractivity contribution in [1.29, 1.82) is 0 Å². The van der Waals surface area contributed by atoms with Gasteiger partial charge in [0.1, 0.15) is 10.5 Å². The van der Waals surface area contributed by atoms with Gasteiger partial charge in [0.05, 0.1) is 15.7 Å². The second-order valence-electron chi connectivity index (χ2n) is 7.25. The molecule has 3 aromatic rings. The summed E-state index contributed by atoms with van der Waals surface area (Å²) < 4.78 is 6.79. The van der Waals surface area contributed by atoms with Crippen LogP contribution >= 0.6 is 22.9 Å². The summed E-state index contributed by atoms with van der Waals surface area (Å²) in [6.07, 6.45) is 1.63.